The molecule has 1 aromatic rings. The minimum atomic E-state index is -0.666. The van der Waals surface area contributed by atoms with Gasteiger partial charge in [-0.2, -0.15) is 0 Å². The summed E-state index contributed by atoms with van der Waals surface area (Å²) >= 11 is 0. The molecule has 0 aromatic heterocycles. The second-order valence-corrected chi connectivity index (χ2v) is 5.11. The maximum atomic E-state index is 13.1. The van der Waals surface area contributed by atoms with Crippen LogP contribution in [0.1, 0.15) is 49.8 Å². The van der Waals surface area contributed by atoms with Crippen LogP contribution in [0.15, 0.2) is 18.2 Å². The number of ether oxygens (including phenoxy) is 1. The van der Waals surface area contributed by atoms with Gasteiger partial charge in [0.2, 0.25) is 0 Å². The first-order valence-corrected chi connectivity index (χ1v) is 6.67. The van der Waals surface area contributed by atoms with Crippen LogP contribution in [-0.4, -0.2) is 17.3 Å². The van der Waals surface area contributed by atoms with Gasteiger partial charge in [0.25, 0.3) is 0 Å². The number of hydrogen-bond acceptors (Lipinski definition) is 2. The van der Waals surface area contributed by atoms with E-state index in [1.807, 2.05) is 13.8 Å². The summed E-state index contributed by atoms with van der Waals surface area (Å²) in [5.74, 6) is -0.264. The van der Waals surface area contributed by atoms with Gasteiger partial charge in [0.05, 0.1) is 5.60 Å². The highest BCUT2D eigenvalue weighted by Crippen LogP contribution is 2.43. The third kappa shape index (κ3) is 2.43. The molecule has 1 aromatic carbocycles. The number of aliphatic hydroxyl groups excluding tert-OH is 1. The van der Waals surface area contributed by atoms with Gasteiger partial charge in [-0.25, -0.2) is 4.39 Å². The Bertz CT molecular complexity index is 411. The molecule has 0 aliphatic heterocycles. The smallest absolute Gasteiger partial charge is 0.123 e. The molecule has 1 unspecified atom stereocenters. The molecule has 0 amide bonds. The molecule has 3 heteroatoms. The van der Waals surface area contributed by atoms with Gasteiger partial charge in [0.1, 0.15) is 11.9 Å². The summed E-state index contributed by atoms with van der Waals surface area (Å²) in [5, 5.41) is 10.6. The highest BCUT2D eigenvalue weighted by Gasteiger charge is 2.42. The van der Waals surface area contributed by atoms with E-state index in [9.17, 15) is 9.50 Å². The van der Waals surface area contributed by atoms with E-state index in [0.717, 1.165) is 36.8 Å². The van der Waals surface area contributed by atoms with Crippen LogP contribution in [0.3, 0.4) is 0 Å². The van der Waals surface area contributed by atoms with E-state index in [1.165, 1.54) is 12.1 Å². The maximum absolute atomic E-state index is 13.1. The van der Waals surface area contributed by atoms with Crippen LogP contribution in [0.5, 0.6) is 0 Å². The van der Waals surface area contributed by atoms with Crippen LogP contribution >= 0.6 is 0 Å². The van der Waals surface area contributed by atoms with Crippen molar-refractivity contribution in [3.8, 4) is 0 Å². The Kier molecular flexibility index (Phi) is 4.03. The maximum Gasteiger partial charge on any atom is 0.123 e. The van der Waals surface area contributed by atoms with Crippen molar-refractivity contribution in [1.29, 1.82) is 0 Å². The van der Waals surface area contributed by atoms with Crippen molar-refractivity contribution in [2.75, 3.05) is 6.61 Å². The van der Waals surface area contributed by atoms with E-state index in [4.69, 9.17) is 4.74 Å². The quantitative estimate of drug-likeness (QED) is 0.888. The first-order chi connectivity index (χ1) is 8.59. The summed E-state index contributed by atoms with van der Waals surface area (Å²) < 4.78 is 19.0. The van der Waals surface area contributed by atoms with Crippen molar-refractivity contribution in [2.24, 2.45) is 0 Å². The molecule has 2 rings (SSSR count). The molecule has 1 aliphatic rings. The van der Waals surface area contributed by atoms with E-state index >= 15 is 0 Å². The van der Waals surface area contributed by atoms with Gasteiger partial charge in [-0.05, 0) is 49.9 Å². The third-order valence-corrected chi connectivity index (χ3v) is 3.91. The Morgan fingerprint density at radius 1 is 1.39 bits per heavy atom. The monoisotopic (exact) mass is 252 g/mol. The minimum absolute atomic E-state index is 0.264. The van der Waals surface area contributed by atoms with Crippen molar-refractivity contribution in [2.45, 2.75) is 51.2 Å². The third-order valence-electron chi connectivity index (χ3n) is 3.91. The minimum Gasteiger partial charge on any atom is -0.385 e. The van der Waals surface area contributed by atoms with Crippen LogP contribution in [0.4, 0.5) is 4.39 Å². The molecule has 0 spiro atoms. The zero-order chi connectivity index (χ0) is 13.2. The van der Waals surface area contributed by atoms with Crippen molar-refractivity contribution < 1.29 is 14.2 Å². The van der Waals surface area contributed by atoms with Crippen LogP contribution in [0.2, 0.25) is 0 Å². The van der Waals surface area contributed by atoms with Gasteiger partial charge in [-0.1, -0.05) is 18.9 Å². The zero-order valence-corrected chi connectivity index (χ0v) is 11.1. The molecular weight excluding hydrogens is 231 g/mol. The van der Waals surface area contributed by atoms with E-state index < -0.39 is 11.7 Å². The first-order valence-electron chi connectivity index (χ1n) is 6.67. The predicted octanol–water partition coefficient (Wildman–Crippen LogP) is 3.52. The summed E-state index contributed by atoms with van der Waals surface area (Å²) in [6.45, 7) is 4.37. The summed E-state index contributed by atoms with van der Waals surface area (Å²) in [5.41, 5.74) is 1.09. The SMILES string of the molecule is CCOC1(C(O)c2ccc(F)cc2C)CCCC1. The lowest BCUT2D eigenvalue weighted by molar-refractivity contribution is -0.118. The molecule has 0 bridgehead atoms. The Morgan fingerprint density at radius 3 is 2.61 bits per heavy atom. The van der Waals surface area contributed by atoms with Gasteiger partial charge >= 0.3 is 0 Å². The molecule has 0 heterocycles. The largest absolute Gasteiger partial charge is 0.385 e. The average molecular weight is 252 g/mol. The van der Waals surface area contributed by atoms with E-state index in [2.05, 4.69) is 0 Å². The van der Waals surface area contributed by atoms with Gasteiger partial charge in [-0.3, -0.25) is 0 Å². The summed E-state index contributed by atoms with van der Waals surface area (Å²) in [6.07, 6.45) is 3.24. The highest BCUT2D eigenvalue weighted by molar-refractivity contribution is 5.30. The molecule has 1 atom stereocenters. The fraction of sp³-hybridized carbons (Fsp3) is 0.600. The Labute approximate surface area is 108 Å². The van der Waals surface area contributed by atoms with Crippen LogP contribution in [0.25, 0.3) is 0 Å². The first kappa shape index (κ1) is 13.5. The van der Waals surface area contributed by atoms with Gasteiger partial charge in [0, 0.05) is 6.61 Å². The van der Waals surface area contributed by atoms with E-state index in [-0.39, 0.29) is 5.82 Å². The highest BCUT2D eigenvalue weighted by atomic mass is 19.1. The zero-order valence-electron chi connectivity index (χ0n) is 11.1. The normalized spacial score (nSPS) is 20.0. The van der Waals surface area contributed by atoms with Gasteiger partial charge in [0.15, 0.2) is 0 Å². The Hall–Kier alpha value is -0.930. The van der Waals surface area contributed by atoms with Crippen molar-refractivity contribution in [3.63, 3.8) is 0 Å². The molecule has 100 valence electrons. The lowest BCUT2D eigenvalue weighted by Crippen LogP contribution is -2.37. The number of aliphatic hydroxyl groups is 1. The van der Waals surface area contributed by atoms with Crippen LogP contribution < -0.4 is 0 Å². The second kappa shape index (κ2) is 5.37. The fourth-order valence-corrected chi connectivity index (χ4v) is 2.99. The van der Waals surface area contributed by atoms with Crippen LogP contribution in [0, 0.1) is 12.7 Å². The molecule has 0 radical (unpaired) electrons. The summed E-state index contributed by atoms with van der Waals surface area (Å²) in [7, 11) is 0. The summed E-state index contributed by atoms with van der Waals surface area (Å²) in [6, 6.07) is 4.54. The Balaban J connectivity index is 2.30. The number of halogens is 1. The van der Waals surface area contributed by atoms with E-state index in [1.54, 1.807) is 6.07 Å². The number of benzene rings is 1. The standard InChI is InChI=1S/C15H21FO2/c1-3-18-15(8-4-5-9-15)14(17)13-7-6-12(16)10-11(13)2/h6-7,10,14,17H,3-5,8-9H2,1-2H3. The molecule has 2 nitrogen and oxygen atoms in total. The topological polar surface area (TPSA) is 29.5 Å². The number of rotatable bonds is 4. The number of hydrogen-bond donors (Lipinski definition) is 1. The van der Waals surface area contributed by atoms with Gasteiger partial charge < -0.3 is 9.84 Å². The van der Waals surface area contributed by atoms with Crippen molar-refractivity contribution in [1.82, 2.24) is 0 Å². The lowest BCUT2D eigenvalue weighted by Gasteiger charge is -2.35. The number of aryl methyl sites for hydroxylation is 1. The molecule has 1 saturated carbocycles. The molecule has 1 N–H and O–H groups in total. The summed E-state index contributed by atoms with van der Waals surface area (Å²) in [4.78, 5) is 0. The van der Waals surface area contributed by atoms with Crippen LogP contribution in [-0.2, 0) is 4.74 Å². The second-order valence-electron chi connectivity index (χ2n) is 5.11. The Morgan fingerprint density at radius 2 is 2.06 bits per heavy atom. The average Bonchev–Trinajstić information content (AvgIpc) is 2.78. The predicted molar refractivity (Wildman–Crippen MR) is 68.9 cm³/mol. The molecule has 1 fully saturated rings. The van der Waals surface area contributed by atoms with Crippen molar-refractivity contribution >= 4 is 0 Å². The molecule has 0 saturated heterocycles. The van der Waals surface area contributed by atoms with E-state index in [0.29, 0.717) is 6.61 Å². The molecule has 18 heavy (non-hydrogen) atoms. The van der Waals surface area contributed by atoms with Crippen molar-refractivity contribution in [3.05, 3.63) is 35.1 Å². The fourth-order valence-electron chi connectivity index (χ4n) is 2.99. The molecule has 1 aliphatic carbocycles. The van der Waals surface area contributed by atoms with Gasteiger partial charge in [-0.15, -0.1) is 0 Å². The molecular formula is C15H21FO2. The lowest BCUT2D eigenvalue weighted by atomic mass is 9.87.